The molecule has 1 aliphatic rings. The summed E-state index contributed by atoms with van der Waals surface area (Å²) < 4.78 is 1.73. The molecule has 0 saturated carbocycles. The number of nitrogens with one attached hydrogen (secondary N) is 2. The van der Waals surface area contributed by atoms with Gasteiger partial charge in [-0.05, 0) is 18.6 Å². The van der Waals surface area contributed by atoms with Gasteiger partial charge in [0.15, 0.2) is 5.69 Å². The van der Waals surface area contributed by atoms with Gasteiger partial charge in [0.25, 0.3) is 5.91 Å². The SMILES string of the molecule is Cc1ccc(CNC(=O)c2cn(C3CNC3)nn2)cn1. The van der Waals surface area contributed by atoms with Crippen LogP contribution in [0.2, 0.25) is 0 Å². The van der Waals surface area contributed by atoms with Gasteiger partial charge >= 0.3 is 0 Å². The molecule has 1 aliphatic heterocycles. The molecule has 3 heterocycles. The molecule has 0 aromatic carbocycles. The summed E-state index contributed by atoms with van der Waals surface area (Å²) in [6.07, 6.45) is 3.45. The Morgan fingerprint density at radius 3 is 3.00 bits per heavy atom. The van der Waals surface area contributed by atoms with E-state index in [0.29, 0.717) is 18.3 Å². The summed E-state index contributed by atoms with van der Waals surface area (Å²) >= 11 is 0. The van der Waals surface area contributed by atoms with E-state index in [0.717, 1.165) is 24.3 Å². The third-order valence-corrected chi connectivity index (χ3v) is 3.30. The first-order valence-corrected chi connectivity index (χ1v) is 6.54. The average molecular weight is 272 g/mol. The lowest BCUT2D eigenvalue weighted by Gasteiger charge is -2.26. The maximum atomic E-state index is 12.0. The van der Waals surface area contributed by atoms with E-state index in [2.05, 4.69) is 25.9 Å². The largest absolute Gasteiger partial charge is 0.346 e. The minimum absolute atomic E-state index is 0.218. The molecule has 0 atom stereocenters. The van der Waals surface area contributed by atoms with Gasteiger partial charge in [-0.3, -0.25) is 9.78 Å². The molecule has 0 spiro atoms. The number of aromatic nitrogens is 4. The first-order valence-electron chi connectivity index (χ1n) is 6.54. The van der Waals surface area contributed by atoms with Crippen LogP contribution >= 0.6 is 0 Å². The van der Waals surface area contributed by atoms with Gasteiger partial charge in [-0.15, -0.1) is 5.10 Å². The molecule has 2 aromatic rings. The summed E-state index contributed by atoms with van der Waals surface area (Å²) in [6, 6.07) is 4.17. The molecule has 1 amide bonds. The number of nitrogens with zero attached hydrogens (tertiary/aromatic N) is 4. The Hall–Kier alpha value is -2.28. The fourth-order valence-electron chi connectivity index (χ4n) is 1.90. The number of aryl methyl sites for hydroxylation is 1. The zero-order chi connectivity index (χ0) is 13.9. The highest BCUT2D eigenvalue weighted by molar-refractivity contribution is 5.91. The van der Waals surface area contributed by atoms with Gasteiger partial charge in [0.1, 0.15) is 0 Å². The van der Waals surface area contributed by atoms with Crippen molar-refractivity contribution < 1.29 is 4.79 Å². The Bertz CT molecular complexity index is 602. The molecule has 0 bridgehead atoms. The lowest BCUT2D eigenvalue weighted by Crippen LogP contribution is -2.43. The van der Waals surface area contributed by atoms with E-state index in [9.17, 15) is 4.79 Å². The van der Waals surface area contributed by atoms with E-state index in [4.69, 9.17) is 0 Å². The quantitative estimate of drug-likeness (QED) is 0.822. The summed E-state index contributed by atoms with van der Waals surface area (Å²) in [7, 11) is 0. The first-order chi connectivity index (χ1) is 9.72. The van der Waals surface area contributed by atoms with Crippen molar-refractivity contribution in [2.45, 2.75) is 19.5 Å². The topological polar surface area (TPSA) is 84.7 Å². The maximum absolute atomic E-state index is 12.0. The van der Waals surface area contributed by atoms with E-state index >= 15 is 0 Å². The molecule has 0 aliphatic carbocycles. The molecule has 0 unspecified atom stereocenters. The second kappa shape index (κ2) is 5.38. The van der Waals surface area contributed by atoms with Crippen molar-refractivity contribution in [2.24, 2.45) is 0 Å². The molecule has 104 valence electrons. The fraction of sp³-hybridized carbons (Fsp3) is 0.385. The van der Waals surface area contributed by atoms with Crippen molar-refractivity contribution in [1.29, 1.82) is 0 Å². The van der Waals surface area contributed by atoms with Crippen molar-refractivity contribution in [3.05, 3.63) is 41.5 Å². The summed E-state index contributed by atoms with van der Waals surface area (Å²) in [4.78, 5) is 16.1. The van der Waals surface area contributed by atoms with Crippen molar-refractivity contribution >= 4 is 5.91 Å². The van der Waals surface area contributed by atoms with Crippen LogP contribution in [0.4, 0.5) is 0 Å². The summed E-state index contributed by atoms with van der Waals surface area (Å²) in [6.45, 7) is 4.11. The zero-order valence-electron chi connectivity index (χ0n) is 11.2. The Morgan fingerprint density at radius 1 is 1.50 bits per heavy atom. The van der Waals surface area contributed by atoms with Crippen LogP contribution in [-0.4, -0.2) is 39.0 Å². The number of rotatable bonds is 4. The number of carbonyl (C=O) groups is 1. The normalized spacial score (nSPS) is 14.8. The molecule has 1 fully saturated rings. The van der Waals surface area contributed by atoms with Gasteiger partial charge in [0, 0.05) is 31.5 Å². The lowest BCUT2D eigenvalue weighted by atomic mass is 10.2. The molecule has 1 saturated heterocycles. The second-order valence-electron chi connectivity index (χ2n) is 4.89. The molecule has 2 N–H and O–H groups in total. The van der Waals surface area contributed by atoms with Crippen LogP contribution in [0.3, 0.4) is 0 Å². The highest BCUT2D eigenvalue weighted by Crippen LogP contribution is 2.09. The van der Waals surface area contributed by atoms with Crippen molar-refractivity contribution in [1.82, 2.24) is 30.6 Å². The summed E-state index contributed by atoms with van der Waals surface area (Å²) in [5.74, 6) is -0.218. The van der Waals surface area contributed by atoms with Crippen LogP contribution < -0.4 is 10.6 Å². The molecular formula is C13H16N6O. The number of pyridine rings is 1. The fourth-order valence-corrected chi connectivity index (χ4v) is 1.90. The van der Waals surface area contributed by atoms with Gasteiger partial charge in [-0.25, -0.2) is 4.68 Å². The highest BCUT2D eigenvalue weighted by Gasteiger charge is 2.21. The molecule has 7 heteroatoms. The minimum Gasteiger partial charge on any atom is -0.346 e. The summed E-state index contributed by atoms with van der Waals surface area (Å²) in [5, 5.41) is 13.8. The second-order valence-corrected chi connectivity index (χ2v) is 4.89. The van der Waals surface area contributed by atoms with E-state index < -0.39 is 0 Å². The van der Waals surface area contributed by atoms with Crippen LogP contribution in [0.1, 0.15) is 27.8 Å². The number of amides is 1. The van der Waals surface area contributed by atoms with Gasteiger partial charge in [-0.1, -0.05) is 11.3 Å². The molecule has 3 rings (SSSR count). The molecule has 0 radical (unpaired) electrons. The monoisotopic (exact) mass is 272 g/mol. The van der Waals surface area contributed by atoms with Crippen molar-refractivity contribution in [2.75, 3.05) is 13.1 Å². The number of hydrogen-bond acceptors (Lipinski definition) is 5. The third kappa shape index (κ3) is 2.67. The van der Waals surface area contributed by atoms with Crippen molar-refractivity contribution in [3.8, 4) is 0 Å². The predicted molar refractivity (Wildman–Crippen MR) is 72.1 cm³/mol. The Balaban J connectivity index is 1.58. The Kier molecular flexibility index (Phi) is 3.42. The van der Waals surface area contributed by atoms with Crippen LogP contribution in [0.15, 0.2) is 24.5 Å². The average Bonchev–Trinajstić information content (AvgIpc) is 2.85. The standard InChI is InChI=1S/C13H16N6O/c1-9-2-3-10(4-15-9)5-16-13(20)12-8-19(18-17-12)11-6-14-7-11/h2-4,8,11,14H,5-7H2,1H3,(H,16,20). The van der Waals surface area contributed by atoms with Gasteiger partial charge < -0.3 is 10.6 Å². The van der Waals surface area contributed by atoms with Gasteiger partial charge in [0.2, 0.25) is 0 Å². The summed E-state index contributed by atoms with van der Waals surface area (Å²) in [5.41, 5.74) is 2.26. The molecule has 20 heavy (non-hydrogen) atoms. The van der Waals surface area contributed by atoms with Crippen LogP contribution in [-0.2, 0) is 6.54 Å². The highest BCUT2D eigenvalue weighted by atomic mass is 16.2. The number of carbonyl (C=O) groups excluding carboxylic acids is 1. The van der Waals surface area contributed by atoms with Crippen LogP contribution in [0.5, 0.6) is 0 Å². The van der Waals surface area contributed by atoms with E-state index in [-0.39, 0.29) is 5.91 Å². The van der Waals surface area contributed by atoms with Gasteiger partial charge in [-0.2, -0.15) is 0 Å². The Labute approximate surface area is 116 Å². The molecule has 2 aromatic heterocycles. The predicted octanol–water partition coefficient (Wildman–Crippen LogP) is 0.0558. The smallest absolute Gasteiger partial charge is 0.273 e. The molecule has 7 nitrogen and oxygen atoms in total. The number of hydrogen-bond donors (Lipinski definition) is 2. The van der Waals surface area contributed by atoms with E-state index in [1.165, 1.54) is 0 Å². The van der Waals surface area contributed by atoms with E-state index in [1.807, 2.05) is 19.1 Å². The van der Waals surface area contributed by atoms with Gasteiger partial charge in [0.05, 0.1) is 12.2 Å². The zero-order valence-corrected chi connectivity index (χ0v) is 11.2. The first kappa shape index (κ1) is 12.7. The minimum atomic E-state index is -0.218. The van der Waals surface area contributed by atoms with Crippen LogP contribution in [0.25, 0.3) is 0 Å². The van der Waals surface area contributed by atoms with E-state index in [1.54, 1.807) is 17.1 Å². The Morgan fingerprint density at radius 2 is 2.35 bits per heavy atom. The lowest BCUT2D eigenvalue weighted by molar-refractivity contribution is 0.0945. The van der Waals surface area contributed by atoms with Crippen molar-refractivity contribution in [3.63, 3.8) is 0 Å². The molecular weight excluding hydrogens is 256 g/mol. The van der Waals surface area contributed by atoms with Crippen LogP contribution in [0, 0.1) is 6.92 Å². The third-order valence-electron chi connectivity index (χ3n) is 3.30. The maximum Gasteiger partial charge on any atom is 0.273 e.